The van der Waals surface area contributed by atoms with E-state index in [0.717, 1.165) is 10.9 Å². The Morgan fingerprint density at radius 3 is 2.59 bits per heavy atom. The lowest BCUT2D eigenvalue weighted by Gasteiger charge is -2.23. The van der Waals surface area contributed by atoms with Crippen LogP contribution in [0.2, 0.25) is 5.02 Å². The van der Waals surface area contributed by atoms with Crippen molar-refractivity contribution in [2.75, 3.05) is 6.79 Å². The molecular formula is C25H21ClN2O5S. The molecule has 0 fully saturated rings. The zero-order valence-corrected chi connectivity index (χ0v) is 19.8. The van der Waals surface area contributed by atoms with E-state index in [4.69, 9.17) is 21.1 Å². The van der Waals surface area contributed by atoms with Gasteiger partial charge in [0.2, 0.25) is 16.8 Å². The topological polar surface area (TPSA) is 88.7 Å². The second kappa shape index (κ2) is 8.79. The molecule has 0 unspecified atom stereocenters. The number of nitrogens with one attached hydrogen (secondary N) is 1. The van der Waals surface area contributed by atoms with Crippen LogP contribution < -0.4 is 15.0 Å². The predicted octanol–water partition coefficient (Wildman–Crippen LogP) is 4.61. The van der Waals surface area contributed by atoms with Gasteiger partial charge in [-0.05, 0) is 60.3 Å². The van der Waals surface area contributed by atoms with Crippen LogP contribution in [0.4, 0.5) is 0 Å². The number of aromatic amines is 1. The summed E-state index contributed by atoms with van der Waals surface area (Å²) in [7, 11) is -4.04. The van der Waals surface area contributed by atoms with E-state index in [2.05, 4.69) is 4.98 Å². The van der Waals surface area contributed by atoms with Crippen molar-refractivity contribution in [2.45, 2.75) is 24.9 Å². The number of ether oxygens (including phenoxy) is 2. The smallest absolute Gasteiger partial charge is 0.252 e. The molecule has 0 bridgehead atoms. The van der Waals surface area contributed by atoms with Crippen molar-refractivity contribution in [1.82, 2.24) is 9.29 Å². The van der Waals surface area contributed by atoms with Crippen LogP contribution in [0.25, 0.3) is 10.9 Å². The molecule has 1 N–H and O–H groups in total. The molecule has 5 rings (SSSR count). The van der Waals surface area contributed by atoms with E-state index in [9.17, 15) is 13.2 Å². The van der Waals surface area contributed by atoms with Crippen molar-refractivity contribution in [3.8, 4) is 11.5 Å². The molecular weight excluding hydrogens is 476 g/mol. The van der Waals surface area contributed by atoms with Crippen LogP contribution in [0.1, 0.15) is 16.7 Å². The summed E-state index contributed by atoms with van der Waals surface area (Å²) in [6.45, 7) is 1.95. The number of aryl methyl sites for hydroxylation is 1. The molecule has 0 saturated carbocycles. The lowest BCUT2D eigenvalue weighted by Crippen LogP contribution is -2.32. The van der Waals surface area contributed by atoms with Crippen molar-refractivity contribution in [3.63, 3.8) is 0 Å². The van der Waals surface area contributed by atoms with Crippen LogP contribution in [-0.4, -0.2) is 24.5 Å². The molecule has 0 amide bonds. The minimum atomic E-state index is -4.04. The zero-order chi connectivity index (χ0) is 23.9. The number of benzene rings is 3. The lowest BCUT2D eigenvalue weighted by molar-refractivity contribution is 0.174. The minimum absolute atomic E-state index is 0.00942. The highest BCUT2D eigenvalue weighted by Gasteiger charge is 2.28. The van der Waals surface area contributed by atoms with E-state index in [0.29, 0.717) is 28.1 Å². The largest absolute Gasteiger partial charge is 0.454 e. The average Bonchev–Trinajstić information content (AvgIpc) is 3.27. The van der Waals surface area contributed by atoms with E-state index in [1.807, 2.05) is 25.1 Å². The van der Waals surface area contributed by atoms with Gasteiger partial charge in [0.1, 0.15) is 4.90 Å². The maximum atomic E-state index is 13.7. The van der Waals surface area contributed by atoms with Crippen LogP contribution in [-0.2, 0) is 23.1 Å². The summed E-state index contributed by atoms with van der Waals surface area (Å²) >= 11 is 6.25. The highest BCUT2D eigenvalue weighted by Crippen LogP contribution is 2.34. The molecule has 34 heavy (non-hydrogen) atoms. The van der Waals surface area contributed by atoms with E-state index in [1.165, 1.54) is 16.4 Å². The molecule has 0 aliphatic carbocycles. The molecule has 174 valence electrons. The lowest BCUT2D eigenvalue weighted by atomic mass is 10.1. The molecule has 2 heterocycles. The average molecular weight is 497 g/mol. The predicted molar refractivity (Wildman–Crippen MR) is 130 cm³/mol. The molecule has 0 radical (unpaired) electrons. The SMILES string of the molecule is Cc1ccc2[nH]c(=O)c(CN(Cc3ccc4c(c3)OCO4)S(=O)(=O)c3ccccc3Cl)cc2c1. The van der Waals surface area contributed by atoms with Gasteiger partial charge in [0.15, 0.2) is 11.5 Å². The van der Waals surface area contributed by atoms with Crippen LogP contribution in [0, 0.1) is 6.92 Å². The zero-order valence-electron chi connectivity index (χ0n) is 18.2. The fraction of sp³-hybridized carbons (Fsp3) is 0.160. The normalized spacial score (nSPS) is 13.0. The summed E-state index contributed by atoms with van der Waals surface area (Å²) in [5.41, 5.74) is 2.39. The monoisotopic (exact) mass is 496 g/mol. The Hall–Kier alpha value is -3.33. The Morgan fingerprint density at radius 1 is 0.971 bits per heavy atom. The molecule has 4 aromatic rings. The Morgan fingerprint density at radius 2 is 1.76 bits per heavy atom. The third kappa shape index (κ3) is 4.27. The first kappa shape index (κ1) is 22.5. The maximum absolute atomic E-state index is 13.7. The van der Waals surface area contributed by atoms with Crippen LogP contribution in [0.3, 0.4) is 0 Å². The van der Waals surface area contributed by atoms with Gasteiger partial charge in [0, 0.05) is 24.2 Å². The molecule has 1 aliphatic heterocycles. The fourth-order valence-electron chi connectivity index (χ4n) is 3.94. The standard InChI is InChI=1S/C25H21ClN2O5S/c1-16-6-8-21-18(10-16)12-19(25(29)27-21)14-28(34(30,31)24-5-3-2-4-20(24)26)13-17-7-9-22-23(11-17)33-15-32-22/h2-12H,13-15H2,1H3,(H,27,29). The second-order valence-electron chi connectivity index (χ2n) is 8.11. The highest BCUT2D eigenvalue weighted by atomic mass is 35.5. The van der Waals surface area contributed by atoms with Crippen molar-refractivity contribution in [1.29, 1.82) is 0 Å². The number of aromatic nitrogens is 1. The molecule has 7 nitrogen and oxygen atoms in total. The molecule has 0 spiro atoms. The third-order valence-corrected chi connectivity index (χ3v) is 7.97. The number of pyridine rings is 1. The van der Waals surface area contributed by atoms with E-state index in [1.54, 1.807) is 36.4 Å². The van der Waals surface area contributed by atoms with Gasteiger partial charge in [-0.1, -0.05) is 41.4 Å². The first-order valence-corrected chi connectivity index (χ1v) is 12.4. The number of nitrogens with zero attached hydrogens (tertiary/aromatic N) is 1. The molecule has 1 aromatic heterocycles. The molecule has 9 heteroatoms. The summed E-state index contributed by atoms with van der Waals surface area (Å²) in [4.78, 5) is 15.7. The van der Waals surface area contributed by atoms with Gasteiger partial charge in [0.05, 0.1) is 5.02 Å². The summed E-state index contributed by atoms with van der Waals surface area (Å²) < 4.78 is 39.4. The van der Waals surface area contributed by atoms with E-state index < -0.39 is 10.0 Å². The van der Waals surface area contributed by atoms with Crippen LogP contribution >= 0.6 is 11.6 Å². The number of rotatable bonds is 6. The van der Waals surface area contributed by atoms with E-state index in [-0.39, 0.29) is 35.4 Å². The molecule has 3 aromatic carbocycles. The number of H-pyrrole nitrogens is 1. The summed E-state index contributed by atoms with van der Waals surface area (Å²) in [6, 6.07) is 18.9. The van der Waals surface area contributed by atoms with Gasteiger partial charge < -0.3 is 14.5 Å². The summed E-state index contributed by atoms with van der Waals surface area (Å²) in [5, 5.41) is 0.939. The van der Waals surface area contributed by atoms with Crippen LogP contribution in [0.5, 0.6) is 11.5 Å². The van der Waals surface area contributed by atoms with Crippen molar-refractivity contribution in [3.05, 3.63) is 98.8 Å². The Balaban J connectivity index is 1.58. The number of sulfonamides is 1. The maximum Gasteiger partial charge on any atom is 0.252 e. The quantitative estimate of drug-likeness (QED) is 0.421. The number of hydrogen-bond acceptors (Lipinski definition) is 5. The van der Waals surface area contributed by atoms with E-state index >= 15 is 0 Å². The van der Waals surface area contributed by atoms with Gasteiger partial charge in [0.25, 0.3) is 5.56 Å². The number of halogens is 1. The van der Waals surface area contributed by atoms with Crippen molar-refractivity contribution < 1.29 is 17.9 Å². The van der Waals surface area contributed by atoms with Gasteiger partial charge >= 0.3 is 0 Å². The van der Waals surface area contributed by atoms with Gasteiger partial charge in [-0.2, -0.15) is 4.31 Å². The fourth-order valence-corrected chi connectivity index (χ4v) is 5.84. The number of fused-ring (bicyclic) bond motifs is 2. The van der Waals surface area contributed by atoms with Crippen LogP contribution in [0.15, 0.2) is 76.4 Å². The molecule has 0 atom stereocenters. The highest BCUT2D eigenvalue weighted by molar-refractivity contribution is 7.89. The summed E-state index contributed by atoms with van der Waals surface area (Å²) in [5.74, 6) is 1.15. The van der Waals surface area contributed by atoms with Crippen molar-refractivity contribution >= 4 is 32.5 Å². The molecule has 1 aliphatic rings. The van der Waals surface area contributed by atoms with Gasteiger partial charge in [-0.3, -0.25) is 4.79 Å². The van der Waals surface area contributed by atoms with Crippen molar-refractivity contribution in [2.24, 2.45) is 0 Å². The summed E-state index contributed by atoms with van der Waals surface area (Å²) in [6.07, 6.45) is 0. The Kier molecular flexibility index (Phi) is 5.81. The third-order valence-electron chi connectivity index (χ3n) is 5.67. The Labute approximate surface area is 201 Å². The van der Waals surface area contributed by atoms with Gasteiger partial charge in [-0.15, -0.1) is 0 Å². The number of hydrogen-bond donors (Lipinski definition) is 1. The first-order valence-electron chi connectivity index (χ1n) is 10.6. The minimum Gasteiger partial charge on any atom is -0.454 e. The second-order valence-corrected chi connectivity index (χ2v) is 10.4. The van der Waals surface area contributed by atoms with Gasteiger partial charge in [-0.25, -0.2) is 8.42 Å². The Bertz CT molecular complexity index is 1570. The first-order chi connectivity index (χ1) is 16.3. The molecule has 0 saturated heterocycles.